The van der Waals surface area contributed by atoms with Gasteiger partial charge in [0.1, 0.15) is 6.33 Å². The number of H-pyrrole nitrogens is 1. The van der Waals surface area contributed by atoms with Gasteiger partial charge in [-0.05, 0) is 0 Å². The summed E-state index contributed by atoms with van der Waals surface area (Å²) >= 11 is 0. The van der Waals surface area contributed by atoms with Gasteiger partial charge in [-0.25, -0.2) is 14.8 Å². The normalized spacial score (nSPS) is 10.5. The first-order valence-corrected chi connectivity index (χ1v) is 3.30. The van der Waals surface area contributed by atoms with E-state index in [1.807, 2.05) is 14.1 Å². The Hall–Kier alpha value is -1.72. The van der Waals surface area contributed by atoms with Gasteiger partial charge in [0.2, 0.25) is 5.95 Å². The third-order valence-corrected chi connectivity index (χ3v) is 0.985. The molecule has 64 valence electrons. The summed E-state index contributed by atoms with van der Waals surface area (Å²) in [6.45, 7) is 0. The molecule has 0 saturated heterocycles. The van der Waals surface area contributed by atoms with E-state index in [1.54, 1.807) is 4.90 Å². The average molecular weight is 167 g/mol. The van der Waals surface area contributed by atoms with E-state index < -0.39 is 5.69 Å². The van der Waals surface area contributed by atoms with Crippen molar-refractivity contribution in [3.8, 4) is 0 Å². The van der Waals surface area contributed by atoms with E-state index in [0.717, 1.165) is 0 Å². The molecule has 0 bridgehead atoms. The molecule has 1 heterocycles. The molecule has 6 heteroatoms. The molecular formula is C6H9N5O. The summed E-state index contributed by atoms with van der Waals surface area (Å²) < 4.78 is 0. The van der Waals surface area contributed by atoms with E-state index in [2.05, 4.69) is 19.9 Å². The van der Waals surface area contributed by atoms with Crippen molar-refractivity contribution in [2.75, 3.05) is 14.1 Å². The quantitative estimate of drug-likeness (QED) is 0.471. The number of aliphatic imine (C=N–C) groups is 1. The topological polar surface area (TPSA) is 74.2 Å². The van der Waals surface area contributed by atoms with Gasteiger partial charge in [-0.2, -0.15) is 4.98 Å². The Morgan fingerprint density at radius 1 is 1.58 bits per heavy atom. The molecule has 0 aliphatic heterocycles. The fourth-order valence-electron chi connectivity index (χ4n) is 0.532. The molecule has 0 aliphatic carbocycles. The second kappa shape index (κ2) is 3.61. The van der Waals surface area contributed by atoms with Crippen molar-refractivity contribution in [3.05, 3.63) is 16.8 Å². The van der Waals surface area contributed by atoms with Crippen molar-refractivity contribution in [1.82, 2.24) is 19.9 Å². The predicted octanol–water partition coefficient (Wildman–Crippen LogP) is -0.614. The fraction of sp³-hybridized carbons (Fsp3) is 0.333. The minimum absolute atomic E-state index is 0.253. The molecule has 12 heavy (non-hydrogen) atoms. The van der Waals surface area contributed by atoms with Gasteiger partial charge in [-0.3, -0.25) is 4.98 Å². The largest absolute Gasteiger partial charge is 0.369 e. The number of aromatic amines is 1. The van der Waals surface area contributed by atoms with Crippen LogP contribution in [0.3, 0.4) is 0 Å². The first-order valence-electron chi connectivity index (χ1n) is 3.30. The molecule has 0 atom stereocenters. The van der Waals surface area contributed by atoms with Crippen LogP contribution in [-0.4, -0.2) is 40.3 Å². The van der Waals surface area contributed by atoms with Crippen molar-refractivity contribution < 1.29 is 0 Å². The van der Waals surface area contributed by atoms with Gasteiger partial charge in [-0.15, -0.1) is 0 Å². The summed E-state index contributed by atoms with van der Waals surface area (Å²) in [5, 5.41) is 0. The maximum atomic E-state index is 10.6. The zero-order chi connectivity index (χ0) is 8.97. The standard InChI is InChI=1S/C6H9N5O/c1-11(2)4-9-5-7-3-8-6(12)10-5/h3-4H,1-2H3,(H,7,8,10,12)/b9-4+. The highest BCUT2D eigenvalue weighted by molar-refractivity contribution is 5.57. The molecule has 1 rings (SSSR count). The summed E-state index contributed by atoms with van der Waals surface area (Å²) in [6.07, 6.45) is 2.71. The molecule has 0 fully saturated rings. The van der Waals surface area contributed by atoms with Gasteiger partial charge in [-0.1, -0.05) is 0 Å². The van der Waals surface area contributed by atoms with E-state index >= 15 is 0 Å². The van der Waals surface area contributed by atoms with E-state index in [0.29, 0.717) is 0 Å². The predicted molar refractivity (Wildman–Crippen MR) is 44.5 cm³/mol. The molecule has 1 N–H and O–H groups in total. The Kier molecular flexibility index (Phi) is 2.52. The summed E-state index contributed by atoms with van der Waals surface area (Å²) in [4.78, 5) is 25.7. The SMILES string of the molecule is CN(C)/C=N/c1ncnc(=O)[nH]1. The third kappa shape index (κ3) is 2.49. The van der Waals surface area contributed by atoms with Crippen molar-refractivity contribution in [1.29, 1.82) is 0 Å². The van der Waals surface area contributed by atoms with Gasteiger partial charge in [0.05, 0.1) is 6.34 Å². The van der Waals surface area contributed by atoms with Gasteiger partial charge >= 0.3 is 5.69 Å². The van der Waals surface area contributed by atoms with Crippen molar-refractivity contribution in [3.63, 3.8) is 0 Å². The lowest BCUT2D eigenvalue weighted by Crippen LogP contribution is -2.11. The minimum atomic E-state index is -0.448. The van der Waals surface area contributed by atoms with Crippen molar-refractivity contribution >= 4 is 12.3 Å². The van der Waals surface area contributed by atoms with Gasteiger partial charge in [0, 0.05) is 14.1 Å². The fourth-order valence-corrected chi connectivity index (χ4v) is 0.532. The first kappa shape index (κ1) is 8.38. The molecule has 0 saturated carbocycles. The summed E-state index contributed by atoms with van der Waals surface area (Å²) in [6, 6.07) is 0. The Morgan fingerprint density at radius 3 is 2.92 bits per heavy atom. The maximum absolute atomic E-state index is 10.6. The third-order valence-electron chi connectivity index (χ3n) is 0.985. The number of nitrogens with zero attached hydrogens (tertiary/aromatic N) is 4. The smallest absolute Gasteiger partial charge is 0.349 e. The zero-order valence-electron chi connectivity index (χ0n) is 6.85. The molecular weight excluding hydrogens is 158 g/mol. The number of hydrogen-bond acceptors (Lipinski definition) is 4. The van der Waals surface area contributed by atoms with Crippen LogP contribution in [0.25, 0.3) is 0 Å². The molecule has 0 radical (unpaired) electrons. The Labute approximate surface area is 69.0 Å². The van der Waals surface area contributed by atoms with Crippen LogP contribution in [0.1, 0.15) is 0 Å². The Morgan fingerprint density at radius 2 is 2.33 bits per heavy atom. The number of hydrogen-bond donors (Lipinski definition) is 1. The Balaban J connectivity index is 2.83. The number of aromatic nitrogens is 3. The van der Waals surface area contributed by atoms with Crippen LogP contribution in [-0.2, 0) is 0 Å². The highest BCUT2D eigenvalue weighted by Crippen LogP contribution is 1.93. The molecule has 0 aliphatic rings. The monoisotopic (exact) mass is 167 g/mol. The van der Waals surface area contributed by atoms with E-state index in [9.17, 15) is 4.79 Å². The highest BCUT2D eigenvalue weighted by atomic mass is 16.1. The Bertz CT molecular complexity index is 329. The molecule has 1 aromatic rings. The van der Waals surface area contributed by atoms with Gasteiger partial charge in [0.25, 0.3) is 0 Å². The van der Waals surface area contributed by atoms with Crippen LogP contribution in [0.15, 0.2) is 16.1 Å². The second-order valence-electron chi connectivity index (χ2n) is 2.34. The van der Waals surface area contributed by atoms with Crippen LogP contribution in [0, 0.1) is 0 Å². The van der Waals surface area contributed by atoms with Crippen LogP contribution in [0.2, 0.25) is 0 Å². The molecule has 0 aromatic carbocycles. The first-order chi connectivity index (χ1) is 5.68. The lowest BCUT2D eigenvalue weighted by atomic mass is 10.9. The van der Waals surface area contributed by atoms with Crippen molar-refractivity contribution in [2.45, 2.75) is 0 Å². The lowest BCUT2D eigenvalue weighted by molar-refractivity contribution is 0.642. The summed E-state index contributed by atoms with van der Waals surface area (Å²) in [7, 11) is 3.64. The molecule has 0 spiro atoms. The lowest BCUT2D eigenvalue weighted by Gasteiger charge is -2.00. The van der Waals surface area contributed by atoms with Crippen LogP contribution < -0.4 is 5.69 Å². The highest BCUT2D eigenvalue weighted by Gasteiger charge is 1.89. The van der Waals surface area contributed by atoms with E-state index in [4.69, 9.17) is 0 Å². The van der Waals surface area contributed by atoms with Crippen LogP contribution in [0.5, 0.6) is 0 Å². The summed E-state index contributed by atoms with van der Waals surface area (Å²) in [5.41, 5.74) is -0.448. The molecule has 6 nitrogen and oxygen atoms in total. The minimum Gasteiger partial charge on any atom is -0.369 e. The van der Waals surface area contributed by atoms with Gasteiger partial charge < -0.3 is 4.90 Å². The second-order valence-corrected chi connectivity index (χ2v) is 2.34. The molecule has 0 amide bonds. The zero-order valence-corrected chi connectivity index (χ0v) is 6.85. The van der Waals surface area contributed by atoms with E-state index in [1.165, 1.54) is 12.7 Å². The number of nitrogens with one attached hydrogen (secondary N) is 1. The summed E-state index contributed by atoms with van der Waals surface area (Å²) in [5.74, 6) is 0.253. The maximum Gasteiger partial charge on any atom is 0.349 e. The molecule has 0 unspecified atom stereocenters. The van der Waals surface area contributed by atoms with Gasteiger partial charge in [0.15, 0.2) is 0 Å². The molecule has 1 aromatic heterocycles. The van der Waals surface area contributed by atoms with E-state index in [-0.39, 0.29) is 5.95 Å². The van der Waals surface area contributed by atoms with Crippen LogP contribution >= 0.6 is 0 Å². The average Bonchev–Trinajstić information content (AvgIpc) is 2.01. The van der Waals surface area contributed by atoms with Crippen molar-refractivity contribution in [2.24, 2.45) is 4.99 Å². The van der Waals surface area contributed by atoms with Crippen LogP contribution in [0.4, 0.5) is 5.95 Å². The number of rotatable bonds is 2.